The molecule has 4 N–H and O–H groups in total. The Balaban J connectivity index is 1.88. The molecule has 0 aliphatic carbocycles. The first-order valence-corrected chi connectivity index (χ1v) is 6.05. The molecule has 0 amide bonds. The van der Waals surface area contributed by atoms with E-state index < -0.39 is 30.7 Å². The third-order valence-corrected chi connectivity index (χ3v) is 3.12. The summed E-state index contributed by atoms with van der Waals surface area (Å²) < 4.78 is 10.3. The van der Waals surface area contributed by atoms with E-state index in [1.165, 1.54) is 0 Å². The Kier molecular flexibility index (Phi) is 4.51. The molecule has 1 aliphatic heterocycles. The third kappa shape index (κ3) is 3.11. The van der Waals surface area contributed by atoms with Crippen molar-refractivity contribution < 1.29 is 29.9 Å². The van der Waals surface area contributed by atoms with Crippen LogP contribution in [0.1, 0.15) is 5.56 Å². The maximum Gasteiger partial charge on any atom is 0.219 e. The Hall–Kier alpha value is -1.02. The van der Waals surface area contributed by atoms with Crippen LogP contribution < -0.4 is 0 Å². The molecule has 1 fully saturated rings. The second-order valence-corrected chi connectivity index (χ2v) is 4.60. The molecule has 0 spiro atoms. The maximum atomic E-state index is 10.0. The topological polar surface area (TPSA) is 99.4 Å². The number of benzene rings is 1. The van der Waals surface area contributed by atoms with E-state index in [-0.39, 0.29) is 13.2 Å². The fourth-order valence-electron chi connectivity index (χ4n) is 2.03. The third-order valence-electron chi connectivity index (χ3n) is 3.12. The first-order chi connectivity index (χ1) is 9.07. The molecule has 6 heteroatoms. The van der Waals surface area contributed by atoms with E-state index >= 15 is 0 Å². The summed E-state index contributed by atoms with van der Waals surface area (Å²) in [7, 11) is 0. The van der Waals surface area contributed by atoms with Crippen molar-refractivity contribution in [3.63, 3.8) is 0 Å². The Labute approximate surface area is 110 Å². The Morgan fingerprint density at radius 2 is 1.89 bits per heavy atom. The molecule has 1 heterocycles. The quantitative estimate of drug-likeness (QED) is 0.548. The van der Waals surface area contributed by atoms with Crippen molar-refractivity contribution in [3.8, 4) is 0 Å². The van der Waals surface area contributed by atoms with E-state index in [0.717, 1.165) is 5.56 Å². The van der Waals surface area contributed by atoms with Crippen molar-refractivity contribution in [2.24, 2.45) is 0 Å². The summed E-state index contributed by atoms with van der Waals surface area (Å²) in [4.78, 5) is 0. The largest absolute Gasteiger partial charge is 0.394 e. The van der Waals surface area contributed by atoms with Gasteiger partial charge in [0.25, 0.3) is 0 Å². The Morgan fingerprint density at radius 1 is 1.21 bits per heavy atom. The van der Waals surface area contributed by atoms with E-state index in [1.807, 2.05) is 30.3 Å². The van der Waals surface area contributed by atoms with E-state index in [1.54, 1.807) is 0 Å². The van der Waals surface area contributed by atoms with Gasteiger partial charge in [0.15, 0.2) is 0 Å². The number of aliphatic hydroxyl groups excluding tert-OH is 3. The summed E-state index contributed by atoms with van der Waals surface area (Å²) in [5, 5.41) is 38.2. The fraction of sp³-hybridized carbons (Fsp3) is 0.538. The highest BCUT2D eigenvalue weighted by Gasteiger charge is 2.53. The second kappa shape index (κ2) is 5.96. The molecule has 0 saturated carbocycles. The molecule has 1 aromatic carbocycles. The number of aliphatic hydroxyl groups is 4. The summed E-state index contributed by atoms with van der Waals surface area (Å²) in [6.45, 7) is -0.533. The molecule has 4 atom stereocenters. The Bertz CT molecular complexity index is 397. The van der Waals surface area contributed by atoms with Crippen LogP contribution in [0.4, 0.5) is 0 Å². The lowest BCUT2D eigenvalue weighted by molar-refractivity contribution is -0.256. The van der Waals surface area contributed by atoms with Crippen molar-refractivity contribution in [3.05, 3.63) is 35.9 Å². The van der Waals surface area contributed by atoms with Gasteiger partial charge in [0, 0.05) is 0 Å². The first kappa shape index (κ1) is 14.4. The molecular formula is C13H18O6. The molecule has 106 valence electrons. The van der Waals surface area contributed by atoms with E-state index in [2.05, 4.69) is 0 Å². The van der Waals surface area contributed by atoms with Gasteiger partial charge in [-0.15, -0.1) is 0 Å². The molecular weight excluding hydrogens is 252 g/mol. The number of hydrogen-bond donors (Lipinski definition) is 4. The smallest absolute Gasteiger partial charge is 0.219 e. The normalized spacial score (nSPS) is 34.6. The minimum atomic E-state index is -2.00. The van der Waals surface area contributed by atoms with Crippen molar-refractivity contribution in [2.75, 3.05) is 13.2 Å². The number of hydrogen-bond acceptors (Lipinski definition) is 6. The molecule has 0 bridgehead atoms. The molecule has 1 aliphatic rings. The van der Waals surface area contributed by atoms with Crippen molar-refractivity contribution in [1.82, 2.24) is 0 Å². The summed E-state index contributed by atoms with van der Waals surface area (Å²) in [6, 6.07) is 9.32. The zero-order chi connectivity index (χ0) is 13.9. The zero-order valence-electron chi connectivity index (χ0n) is 10.3. The predicted molar refractivity (Wildman–Crippen MR) is 65.0 cm³/mol. The van der Waals surface area contributed by atoms with Crippen LogP contribution in [0.2, 0.25) is 0 Å². The summed E-state index contributed by atoms with van der Waals surface area (Å²) in [6.07, 6.45) is -3.86. The van der Waals surface area contributed by atoms with Crippen LogP contribution in [-0.2, 0) is 16.1 Å². The van der Waals surface area contributed by atoms with Gasteiger partial charge in [-0.05, 0) is 5.56 Å². The van der Waals surface area contributed by atoms with Crippen LogP contribution in [0.3, 0.4) is 0 Å². The van der Waals surface area contributed by atoms with Gasteiger partial charge in [-0.1, -0.05) is 30.3 Å². The van der Waals surface area contributed by atoms with Crippen LogP contribution in [0, 0.1) is 0 Å². The van der Waals surface area contributed by atoms with Gasteiger partial charge >= 0.3 is 0 Å². The average molecular weight is 270 g/mol. The van der Waals surface area contributed by atoms with Crippen LogP contribution in [0.15, 0.2) is 30.3 Å². The molecule has 0 unspecified atom stereocenters. The lowest BCUT2D eigenvalue weighted by Crippen LogP contribution is -2.46. The van der Waals surface area contributed by atoms with Crippen molar-refractivity contribution >= 4 is 0 Å². The molecule has 1 saturated heterocycles. The SMILES string of the molecule is OC[C@H]1O[C@@](O)(COCc2ccccc2)[C@@H](O)[C@@H]1O. The lowest BCUT2D eigenvalue weighted by atomic mass is 10.1. The van der Waals surface area contributed by atoms with Gasteiger partial charge in [-0.2, -0.15) is 0 Å². The van der Waals surface area contributed by atoms with Crippen molar-refractivity contribution in [1.29, 1.82) is 0 Å². The predicted octanol–water partition coefficient (Wildman–Crippen LogP) is -0.995. The fourth-order valence-corrected chi connectivity index (χ4v) is 2.03. The van der Waals surface area contributed by atoms with Gasteiger partial charge in [0.2, 0.25) is 5.79 Å². The number of ether oxygens (including phenoxy) is 2. The summed E-state index contributed by atoms with van der Waals surface area (Å²) >= 11 is 0. The minimum absolute atomic E-state index is 0.249. The van der Waals surface area contributed by atoms with E-state index in [4.69, 9.17) is 14.6 Å². The molecule has 6 nitrogen and oxygen atoms in total. The van der Waals surface area contributed by atoms with Gasteiger partial charge in [0.1, 0.15) is 24.9 Å². The average Bonchev–Trinajstić information content (AvgIpc) is 2.65. The summed E-state index contributed by atoms with van der Waals surface area (Å²) in [5.74, 6) is -2.00. The molecule has 0 aromatic heterocycles. The summed E-state index contributed by atoms with van der Waals surface area (Å²) in [5.41, 5.74) is 0.915. The minimum Gasteiger partial charge on any atom is -0.394 e. The lowest BCUT2D eigenvalue weighted by Gasteiger charge is -2.25. The van der Waals surface area contributed by atoms with Crippen LogP contribution in [0.5, 0.6) is 0 Å². The zero-order valence-corrected chi connectivity index (χ0v) is 10.3. The molecule has 2 rings (SSSR count). The highest BCUT2D eigenvalue weighted by molar-refractivity contribution is 5.13. The van der Waals surface area contributed by atoms with Crippen LogP contribution in [-0.4, -0.2) is 57.7 Å². The van der Waals surface area contributed by atoms with Crippen LogP contribution >= 0.6 is 0 Å². The Morgan fingerprint density at radius 3 is 2.47 bits per heavy atom. The monoisotopic (exact) mass is 270 g/mol. The molecule has 19 heavy (non-hydrogen) atoms. The second-order valence-electron chi connectivity index (χ2n) is 4.60. The molecule has 1 aromatic rings. The van der Waals surface area contributed by atoms with Crippen LogP contribution in [0.25, 0.3) is 0 Å². The van der Waals surface area contributed by atoms with E-state index in [9.17, 15) is 15.3 Å². The first-order valence-electron chi connectivity index (χ1n) is 6.05. The van der Waals surface area contributed by atoms with Crippen molar-refractivity contribution in [2.45, 2.75) is 30.7 Å². The van der Waals surface area contributed by atoms with E-state index in [0.29, 0.717) is 0 Å². The van der Waals surface area contributed by atoms with Gasteiger partial charge in [-0.3, -0.25) is 0 Å². The highest BCUT2D eigenvalue weighted by Crippen LogP contribution is 2.29. The van der Waals surface area contributed by atoms with Gasteiger partial charge < -0.3 is 29.9 Å². The van der Waals surface area contributed by atoms with Gasteiger partial charge in [-0.25, -0.2) is 0 Å². The highest BCUT2D eigenvalue weighted by atomic mass is 16.7. The molecule has 0 radical (unpaired) electrons. The maximum absolute atomic E-state index is 10.0. The number of rotatable bonds is 5. The standard InChI is InChI=1S/C13H18O6/c14-6-10-11(15)12(16)13(17,19-10)8-18-7-9-4-2-1-3-5-9/h1-5,10-12,14-17H,6-8H2/t10-,11-,12+,13+/m1/s1. The van der Waals surface area contributed by atoms with Gasteiger partial charge in [0.05, 0.1) is 13.2 Å².